The van der Waals surface area contributed by atoms with Gasteiger partial charge >= 0.3 is 6.55 Å². The molecule has 1 rings (SSSR count). The Kier molecular flexibility index (Phi) is 4.20. The smallest absolute Gasteiger partial charge is 0.313 e. The van der Waals surface area contributed by atoms with Gasteiger partial charge in [-0.05, 0) is 26.8 Å². The number of rotatable bonds is 5. The van der Waals surface area contributed by atoms with Crippen LogP contribution in [0.15, 0.2) is 0 Å². The van der Waals surface area contributed by atoms with Gasteiger partial charge in [-0.3, -0.25) is 0 Å². The fraction of sp³-hybridized carbons (Fsp3) is 0.700. The normalized spacial score (nSPS) is 11.3. The molecule has 0 aliphatic rings. The van der Waals surface area contributed by atoms with Crippen LogP contribution in [-0.2, 0) is 6.54 Å². The van der Waals surface area contributed by atoms with Crippen LogP contribution >= 0.6 is 0 Å². The summed E-state index contributed by atoms with van der Waals surface area (Å²) in [5.41, 5.74) is 2.10. The summed E-state index contributed by atoms with van der Waals surface area (Å²) in [5.74, 6) is 0. The summed E-state index contributed by atoms with van der Waals surface area (Å²) in [6, 6.07) is 0. The van der Waals surface area contributed by atoms with E-state index in [2.05, 4.69) is 17.3 Å². The second kappa shape index (κ2) is 5.21. The number of hydrogen-bond acceptors (Lipinski definition) is 2. The highest BCUT2D eigenvalue weighted by atomic mass is 19.3. The molecule has 3 nitrogen and oxygen atoms in total. The molecular weight excluding hydrogens is 200 g/mol. The third kappa shape index (κ3) is 2.75. The van der Waals surface area contributed by atoms with Crippen LogP contribution in [0.1, 0.15) is 36.8 Å². The fourth-order valence-electron chi connectivity index (χ4n) is 1.53. The summed E-state index contributed by atoms with van der Waals surface area (Å²) < 4.78 is 25.8. The molecule has 1 N–H and O–H groups in total. The van der Waals surface area contributed by atoms with E-state index in [9.17, 15) is 8.78 Å². The van der Waals surface area contributed by atoms with Crippen LogP contribution < -0.4 is 5.32 Å². The molecule has 86 valence electrons. The minimum Gasteiger partial charge on any atom is -0.313 e. The van der Waals surface area contributed by atoms with E-state index in [1.165, 1.54) is 0 Å². The van der Waals surface area contributed by atoms with E-state index in [4.69, 9.17) is 0 Å². The van der Waals surface area contributed by atoms with Crippen molar-refractivity contribution in [2.24, 2.45) is 0 Å². The zero-order valence-corrected chi connectivity index (χ0v) is 9.35. The quantitative estimate of drug-likeness (QED) is 0.767. The molecule has 0 bridgehead atoms. The van der Waals surface area contributed by atoms with Gasteiger partial charge in [0.05, 0.1) is 5.69 Å². The van der Waals surface area contributed by atoms with Crippen LogP contribution in [0, 0.1) is 13.8 Å². The van der Waals surface area contributed by atoms with E-state index in [1.54, 1.807) is 13.8 Å². The summed E-state index contributed by atoms with van der Waals surface area (Å²) in [7, 11) is 0. The number of aryl methyl sites for hydroxylation is 1. The zero-order chi connectivity index (χ0) is 11.4. The Morgan fingerprint density at radius 2 is 2.07 bits per heavy atom. The van der Waals surface area contributed by atoms with E-state index < -0.39 is 6.55 Å². The minimum absolute atomic E-state index is 0.547. The lowest BCUT2D eigenvalue weighted by Crippen LogP contribution is -2.15. The monoisotopic (exact) mass is 217 g/mol. The molecule has 0 amide bonds. The molecule has 1 heterocycles. The summed E-state index contributed by atoms with van der Waals surface area (Å²) in [6.45, 7) is 4.44. The molecule has 15 heavy (non-hydrogen) atoms. The summed E-state index contributed by atoms with van der Waals surface area (Å²) in [5, 5.41) is 7.00. The molecular formula is C10H17F2N3. The third-order valence-electron chi connectivity index (χ3n) is 2.39. The van der Waals surface area contributed by atoms with Crippen LogP contribution in [0.5, 0.6) is 0 Å². The molecule has 0 spiro atoms. The van der Waals surface area contributed by atoms with Crippen molar-refractivity contribution in [3.63, 3.8) is 0 Å². The number of halogens is 2. The highest BCUT2D eigenvalue weighted by Gasteiger charge is 2.16. The Hall–Kier alpha value is -0.970. The molecule has 0 aliphatic heterocycles. The average Bonchev–Trinajstić information content (AvgIpc) is 2.45. The van der Waals surface area contributed by atoms with Crippen molar-refractivity contribution in [3.05, 3.63) is 17.0 Å². The van der Waals surface area contributed by atoms with Gasteiger partial charge in [0.25, 0.3) is 0 Å². The van der Waals surface area contributed by atoms with Crippen molar-refractivity contribution in [1.29, 1.82) is 0 Å². The van der Waals surface area contributed by atoms with E-state index in [1.807, 2.05) is 0 Å². The van der Waals surface area contributed by atoms with Gasteiger partial charge in [-0.1, -0.05) is 6.92 Å². The van der Waals surface area contributed by atoms with Crippen LogP contribution in [0.2, 0.25) is 0 Å². The van der Waals surface area contributed by atoms with Gasteiger partial charge < -0.3 is 5.32 Å². The van der Waals surface area contributed by atoms with Gasteiger partial charge in [0.1, 0.15) is 0 Å². The molecule has 0 saturated carbocycles. The van der Waals surface area contributed by atoms with Crippen LogP contribution in [-0.4, -0.2) is 16.3 Å². The Labute approximate surface area is 88.5 Å². The summed E-state index contributed by atoms with van der Waals surface area (Å²) in [6.07, 6.45) is 1.03. The number of aromatic nitrogens is 2. The maximum Gasteiger partial charge on any atom is 0.333 e. The van der Waals surface area contributed by atoms with E-state index in [-0.39, 0.29) is 0 Å². The number of hydrogen-bond donors (Lipinski definition) is 1. The van der Waals surface area contributed by atoms with Crippen molar-refractivity contribution in [1.82, 2.24) is 15.1 Å². The Balaban J connectivity index is 2.79. The highest BCUT2D eigenvalue weighted by molar-refractivity contribution is 5.24. The van der Waals surface area contributed by atoms with Crippen molar-refractivity contribution in [2.45, 2.75) is 40.3 Å². The van der Waals surface area contributed by atoms with Gasteiger partial charge in [-0.2, -0.15) is 13.9 Å². The molecule has 1 aromatic heterocycles. The Bertz CT molecular complexity index is 321. The molecule has 0 saturated heterocycles. The lowest BCUT2D eigenvalue weighted by atomic mass is 10.2. The third-order valence-corrected chi connectivity index (χ3v) is 2.39. The first-order valence-corrected chi connectivity index (χ1v) is 5.11. The largest absolute Gasteiger partial charge is 0.333 e. The first-order chi connectivity index (χ1) is 7.07. The number of alkyl halides is 2. The molecule has 1 aromatic rings. The summed E-state index contributed by atoms with van der Waals surface area (Å²) in [4.78, 5) is 0. The van der Waals surface area contributed by atoms with Crippen molar-refractivity contribution in [2.75, 3.05) is 6.54 Å². The molecule has 0 fully saturated rings. The first kappa shape index (κ1) is 12.1. The molecule has 5 heteroatoms. The van der Waals surface area contributed by atoms with E-state index in [0.29, 0.717) is 17.9 Å². The van der Waals surface area contributed by atoms with Gasteiger partial charge in [-0.25, -0.2) is 4.68 Å². The van der Waals surface area contributed by atoms with Gasteiger partial charge in [-0.15, -0.1) is 0 Å². The standard InChI is InChI=1S/C10H17F2N3/c1-4-5-13-6-9-7(2)14-15(8(9)3)10(11)12/h10,13H,4-6H2,1-3H3. The predicted octanol–water partition coefficient (Wildman–Crippen LogP) is 2.39. The Morgan fingerprint density at radius 3 is 2.53 bits per heavy atom. The molecule has 0 aromatic carbocycles. The van der Waals surface area contributed by atoms with Crippen LogP contribution in [0.4, 0.5) is 8.78 Å². The number of nitrogens with zero attached hydrogens (tertiary/aromatic N) is 2. The molecule has 0 radical (unpaired) electrons. The maximum absolute atomic E-state index is 12.5. The lowest BCUT2D eigenvalue weighted by Gasteiger charge is -2.04. The second-order valence-electron chi connectivity index (χ2n) is 3.55. The van der Waals surface area contributed by atoms with Gasteiger partial charge in [0.15, 0.2) is 0 Å². The zero-order valence-electron chi connectivity index (χ0n) is 9.35. The van der Waals surface area contributed by atoms with Gasteiger partial charge in [0.2, 0.25) is 0 Å². The first-order valence-electron chi connectivity index (χ1n) is 5.11. The van der Waals surface area contributed by atoms with Crippen LogP contribution in [0.25, 0.3) is 0 Å². The average molecular weight is 217 g/mol. The molecule has 0 atom stereocenters. The number of nitrogens with one attached hydrogen (secondary N) is 1. The lowest BCUT2D eigenvalue weighted by molar-refractivity contribution is 0.0540. The molecule has 0 unspecified atom stereocenters. The SMILES string of the molecule is CCCNCc1c(C)nn(C(F)F)c1C. The van der Waals surface area contributed by atoms with Crippen molar-refractivity contribution in [3.8, 4) is 0 Å². The van der Waals surface area contributed by atoms with E-state index >= 15 is 0 Å². The van der Waals surface area contributed by atoms with Crippen LogP contribution in [0.3, 0.4) is 0 Å². The topological polar surface area (TPSA) is 29.9 Å². The highest BCUT2D eigenvalue weighted by Crippen LogP contribution is 2.18. The minimum atomic E-state index is -2.55. The predicted molar refractivity (Wildman–Crippen MR) is 55.0 cm³/mol. The fourth-order valence-corrected chi connectivity index (χ4v) is 1.53. The molecule has 0 aliphatic carbocycles. The van der Waals surface area contributed by atoms with E-state index in [0.717, 1.165) is 23.2 Å². The summed E-state index contributed by atoms with van der Waals surface area (Å²) >= 11 is 0. The Morgan fingerprint density at radius 1 is 1.40 bits per heavy atom. The van der Waals surface area contributed by atoms with Crippen molar-refractivity contribution >= 4 is 0 Å². The van der Waals surface area contributed by atoms with Crippen molar-refractivity contribution < 1.29 is 8.78 Å². The second-order valence-corrected chi connectivity index (χ2v) is 3.55. The van der Waals surface area contributed by atoms with Gasteiger partial charge in [0, 0.05) is 17.8 Å². The maximum atomic E-state index is 12.5.